The number of carbonyl (C=O) groups is 1. The van der Waals surface area contributed by atoms with Crippen LogP contribution in [0.25, 0.3) is 0 Å². The highest BCUT2D eigenvalue weighted by molar-refractivity contribution is 6.06. The van der Waals surface area contributed by atoms with Crippen LogP contribution in [0.2, 0.25) is 0 Å². The molecule has 0 bridgehead atoms. The van der Waals surface area contributed by atoms with E-state index in [4.69, 9.17) is 0 Å². The molecular weight excluding hydrogens is 192 g/mol. The second kappa shape index (κ2) is 3.73. The maximum Gasteiger partial charge on any atom is 0.236 e. The molecule has 1 aromatic rings. The van der Waals surface area contributed by atoms with Gasteiger partial charge in [-0.3, -0.25) is 4.79 Å². The van der Waals surface area contributed by atoms with Crippen LogP contribution in [0.5, 0.6) is 5.75 Å². The maximum atomic E-state index is 10.7. The van der Waals surface area contributed by atoms with E-state index in [-0.39, 0.29) is 11.7 Å². The zero-order chi connectivity index (χ0) is 10.8. The van der Waals surface area contributed by atoms with Crippen LogP contribution in [0.15, 0.2) is 23.3 Å². The molecular formula is C11H12N2O2. The summed E-state index contributed by atoms with van der Waals surface area (Å²) in [4.78, 5) is 10.7. The summed E-state index contributed by atoms with van der Waals surface area (Å²) in [6.45, 7) is 1.41. The molecule has 0 aliphatic heterocycles. The van der Waals surface area contributed by atoms with Crippen molar-refractivity contribution >= 4 is 11.6 Å². The van der Waals surface area contributed by atoms with E-state index >= 15 is 0 Å². The number of fused-ring (bicyclic) bond motifs is 1. The van der Waals surface area contributed by atoms with Crippen LogP contribution in [-0.4, -0.2) is 16.7 Å². The third kappa shape index (κ3) is 1.83. The predicted molar refractivity (Wildman–Crippen MR) is 56.8 cm³/mol. The van der Waals surface area contributed by atoms with Crippen molar-refractivity contribution in [2.45, 2.75) is 19.8 Å². The second-order valence-electron chi connectivity index (χ2n) is 3.54. The van der Waals surface area contributed by atoms with E-state index < -0.39 is 0 Å². The highest BCUT2D eigenvalue weighted by atomic mass is 16.3. The van der Waals surface area contributed by atoms with Gasteiger partial charge < -0.3 is 5.11 Å². The summed E-state index contributed by atoms with van der Waals surface area (Å²) in [5.74, 6) is 0.0282. The van der Waals surface area contributed by atoms with E-state index in [2.05, 4.69) is 10.5 Å². The number of nitrogens with one attached hydrogen (secondary N) is 1. The first-order valence-corrected chi connectivity index (χ1v) is 4.83. The summed E-state index contributed by atoms with van der Waals surface area (Å²) < 4.78 is 0. The van der Waals surface area contributed by atoms with Gasteiger partial charge >= 0.3 is 0 Å². The standard InChI is InChI=1S/C11H12N2O2/c1-7(14)12-13-9-6-5-8-3-2-4-10(15)11(8)9/h2-4,15H,5-6H2,1H3,(H,12,14)/b13-9+. The Bertz CT molecular complexity index is 438. The van der Waals surface area contributed by atoms with Crippen LogP contribution < -0.4 is 5.43 Å². The van der Waals surface area contributed by atoms with Crippen molar-refractivity contribution in [3.8, 4) is 5.75 Å². The minimum Gasteiger partial charge on any atom is -0.507 e. The molecule has 0 fully saturated rings. The quantitative estimate of drug-likeness (QED) is 0.675. The largest absolute Gasteiger partial charge is 0.507 e. The smallest absolute Gasteiger partial charge is 0.236 e. The van der Waals surface area contributed by atoms with Crippen LogP contribution in [0.4, 0.5) is 0 Å². The highest BCUT2D eigenvalue weighted by Gasteiger charge is 2.20. The number of aryl methyl sites for hydroxylation is 1. The molecule has 1 aliphatic carbocycles. The van der Waals surface area contributed by atoms with Gasteiger partial charge in [0.15, 0.2) is 0 Å². The van der Waals surface area contributed by atoms with Gasteiger partial charge in [-0.15, -0.1) is 0 Å². The number of phenols is 1. The van der Waals surface area contributed by atoms with Gasteiger partial charge in [-0.2, -0.15) is 5.10 Å². The number of nitrogens with zero attached hydrogens (tertiary/aromatic N) is 1. The molecule has 0 unspecified atom stereocenters. The normalized spacial score (nSPS) is 16.5. The SMILES string of the molecule is CC(=O)N/N=C1\CCc2cccc(O)c21. The molecule has 1 amide bonds. The number of hydrogen-bond acceptors (Lipinski definition) is 3. The van der Waals surface area contributed by atoms with E-state index in [0.717, 1.165) is 29.7 Å². The second-order valence-corrected chi connectivity index (χ2v) is 3.54. The molecule has 4 heteroatoms. The van der Waals surface area contributed by atoms with Crippen molar-refractivity contribution in [1.82, 2.24) is 5.43 Å². The molecule has 0 radical (unpaired) electrons. The van der Waals surface area contributed by atoms with Crippen LogP contribution in [0, 0.1) is 0 Å². The van der Waals surface area contributed by atoms with E-state index in [0.29, 0.717) is 0 Å². The average Bonchev–Trinajstić information content (AvgIpc) is 2.59. The third-order valence-electron chi connectivity index (χ3n) is 2.40. The van der Waals surface area contributed by atoms with Crippen LogP contribution in [0.1, 0.15) is 24.5 Å². The fourth-order valence-electron chi connectivity index (χ4n) is 1.76. The van der Waals surface area contributed by atoms with Crippen LogP contribution >= 0.6 is 0 Å². The van der Waals surface area contributed by atoms with E-state index in [1.165, 1.54) is 6.92 Å². The van der Waals surface area contributed by atoms with Crippen molar-refractivity contribution in [2.24, 2.45) is 5.10 Å². The lowest BCUT2D eigenvalue weighted by Gasteiger charge is -2.02. The third-order valence-corrected chi connectivity index (χ3v) is 2.40. The van der Waals surface area contributed by atoms with Crippen LogP contribution in [-0.2, 0) is 11.2 Å². The number of carbonyl (C=O) groups excluding carboxylic acids is 1. The highest BCUT2D eigenvalue weighted by Crippen LogP contribution is 2.29. The Balaban J connectivity index is 2.35. The number of aromatic hydroxyl groups is 1. The first kappa shape index (κ1) is 9.71. The molecule has 2 N–H and O–H groups in total. The predicted octanol–water partition coefficient (Wildman–Crippen LogP) is 1.18. The molecule has 0 saturated carbocycles. The number of rotatable bonds is 1. The number of benzene rings is 1. The average molecular weight is 204 g/mol. The summed E-state index contributed by atoms with van der Waals surface area (Å²) in [7, 11) is 0. The lowest BCUT2D eigenvalue weighted by atomic mass is 10.1. The van der Waals surface area contributed by atoms with Gasteiger partial charge in [-0.1, -0.05) is 12.1 Å². The van der Waals surface area contributed by atoms with Crippen molar-refractivity contribution in [3.63, 3.8) is 0 Å². The first-order valence-electron chi connectivity index (χ1n) is 4.83. The minimum atomic E-state index is -0.202. The topological polar surface area (TPSA) is 61.7 Å². The molecule has 1 aliphatic rings. The van der Waals surface area contributed by atoms with Crippen molar-refractivity contribution in [3.05, 3.63) is 29.3 Å². The molecule has 4 nitrogen and oxygen atoms in total. The molecule has 0 atom stereocenters. The Morgan fingerprint density at radius 2 is 2.27 bits per heavy atom. The molecule has 78 valence electrons. The Labute approximate surface area is 87.6 Å². The van der Waals surface area contributed by atoms with Gasteiger partial charge in [-0.25, -0.2) is 5.43 Å². The summed E-state index contributed by atoms with van der Waals surface area (Å²) in [5.41, 5.74) is 4.99. The summed E-state index contributed by atoms with van der Waals surface area (Å²) in [6.07, 6.45) is 1.62. The fraction of sp³-hybridized carbons (Fsp3) is 0.273. The van der Waals surface area contributed by atoms with Gasteiger partial charge in [0, 0.05) is 12.5 Å². The molecule has 0 heterocycles. The maximum absolute atomic E-state index is 10.7. The van der Waals surface area contributed by atoms with E-state index in [1.54, 1.807) is 6.07 Å². The zero-order valence-corrected chi connectivity index (χ0v) is 8.45. The molecule has 2 rings (SSSR count). The number of hydrazone groups is 1. The number of hydrogen-bond donors (Lipinski definition) is 2. The Kier molecular flexibility index (Phi) is 2.41. The van der Waals surface area contributed by atoms with Crippen molar-refractivity contribution in [2.75, 3.05) is 0 Å². The fourth-order valence-corrected chi connectivity index (χ4v) is 1.76. The summed E-state index contributed by atoms with van der Waals surface area (Å²) in [6, 6.07) is 5.41. The van der Waals surface area contributed by atoms with Gasteiger partial charge in [0.25, 0.3) is 0 Å². The number of amides is 1. The first-order chi connectivity index (χ1) is 7.18. The van der Waals surface area contributed by atoms with E-state index in [9.17, 15) is 9.90 Å². The zero-order valence-electron chi connectivity index (χ0n) is 8.45. The molecule has 15 heavy (non-hydrogen) atoms. The lowest BCUT2D eigenvalue weighted by molar-refractivity contribution is -0.118. The van der Waals surface area contributed by atoms with Gasteiger partial charge in [0.2, 0.25) is 5.91 Å². The minimum absolute atomic E-state index is 0.202. The molecule has 0 spiro atoms. The van der Waals surface area contributed by atoms with Gasteiger partial charge in [-0.05, 0) is 24.5 Å². The Hall–Kier alpha value is -1.84. The van der Waals surface area contributed by atoms with E-state index in [1.807, 2.05) is 12.1 Å². The molecule has 0 aromatic heterocycles. The van der Waals surface area contributed by atoms with Crippen LogP contribution in [0.3, 0.4) is 0 Å². The van der Waals surface area contributed by atoms with Gasteiger partial charge in [0.05, 0.1) is 5.71 Å². The monoisotopic (exact) mass is 204 g/mol. The Morgan fingerprint density at radius 1 is 1.47 bits per heavy atom. The van der Waals surface area contributed by atoms with Crippen molar-refractivity contribution < 1.29 is 9.90 Å². The lowest BCUT2D eigenvalue weighted by Crippen LogP contribution is -2.15. The van der Waals surface area contributed by atoms with Gasteiger partial charge in [0.1, 0.15) is 5.75 Å². The summed E-state index contributed by atoms with van der Waals surface area (Å²) in [5, 5.41) is 13.7. The summed E-state index contributed by atoms with van der Waals surface area (Å²) >= 11 is 0. The molecule has 1 aromatic carbocycles. The number of phenolic OH excluding ortho intramolecular Hbond substituents is 1. The molecule has 0 saturated heterocycles. The Morgan fingerprint density at radius 3 is 3.00 bits per heavy atom. The van der Waals surface area contributed by atoms with Crippen molar-refractivity contribution in [1.29, 1.82) is 0 Å².